The lowest BCUT2D eigenvalue weighted by Gasteiger charge is -2.35. The lowest BCUT2D eigenvalue weighted by molar-refractivity contribution is -0.138. The summed E-state index contributed by atoms with van der Waals surface area (Å²) >= 11 is 0. The molecule has 5 heteroatoms. The van der Waals surface area contributed by atoms with Crippen LogP contribution in [-0.4, -0.2) is 36.0 Å². The molecular weight excluding hydrogens is 243 g/mol. The predicted molar refractivity (Wildman–Crippen MR) is 62.2 cm³/mol. The van der Waals surface area contributed by atoms with Crippen LogP contribution < -0.4 is 0 Å². The topological polar surface area (TPSA) is 20.3 Å². The van der Waals surface area contributed by atoms with Gasteiger partial charge < -0.3 is 4.90 Å². The Balaban J connectivity index is 1.77. The predicted octanol–water partition coefficient (Wildman–Crippen LogP) is 3.16. The van der Waals surface area contributed by atoms with Crippen LogP contribution in [-0.2, 0) is 4.79 Å². The average Bonchev–Trinajstić information content (AvgIpc) is 2.51. The fourth-order valence-corrected chi connectivity index (χ4v) is 3.34. The standard InChI is InChI=1S/C13H20F3NO/c1-17-10-4-5-11(17)8-9(7-10)12(18)3-2-6-13(14,15)16/h9-11H,2-8H2,1H3. The number of Topliss-reactive ketones (excluding diaryl/α,β-unsaturated/α-hetero) is 1. The Bertz CT molecular complexity index is 302. The smallest absolute Gasteiger partial charge is 0.300 e. The van der Waals surface area contributed by atoms with Crippen LogP contribution >= 0.6 is 0 Å². The minimum Gasteiger partial charge on any atom is -0.300 e. The van der Waals surface area contributed by atoms with E-state index in [0.717, 1.165) is 25.7 Å². The number of rotatable bonds is 4. The van der Waals surface area contributed by atoms with Gasteiger partial charge in [-0.25, -0.2) is 0 Å². The van der Waals surface area contributed by atoms with Crippen molar-refractivity contribution in [3.63, 3.8) is 0 Å². The van der Waals surface area contributed by atoms with Gasteiger partial charge in [0.15, 0.2) is 0 Å². The van der Waals surface area contributed by atoms with Gasteiger partial charge in [0.05, 0.1) is 0 Å². The Hall–Kier alpha value is -0.580. The van der Waals surface area contributed by atoms with Gasteiger partial charge in [-0.3, -0.25) is 4.79 Å². The molecule has 2 aliphatic rings. The molecular formula is C13H20F3NO. The summed E-state index contributed by atoms with van der Waals surface area (Å²) in [5.41, 5.74) is 0. The minimum absolute atomic E-state index is 0.00642. The molecule has 0 aromatic rings. The van der Waals surface area contributed by atoms with Crippen molar-refractivity contribution in [2.24, 2.45) is 5.92 Å². The SMILES string of the molecule is CN1C2CCC1CC(C(=O)CCCC(F)(F)F)C2. The Morgan fingerprint density at radius 1 is 1.22 bits per heavy atom. The van der Waals surface area contributed by atoms with E-state index in [1.165, 1.54) is 0 Å². The molecule has 2 nitrogen and oxygen atoms in total. The normalized spacial score (nSPS) is 32.8. The highest BCUT2D eigenvalue weighted by Gasteiger charge is 2.40. The summed E-state index contributed by atoms with van der Waals surface area (Å²) < 4.78 is 36.0. The summed E-state index contributed by atoms with van der Waals surface area (Å²) in [6, 6.07) is 0.945. The summed E-state index contributed by atoms with van der Waals surface area (Å²) in [5, 5.41) is 0. The maximum Gasteiger partial charge on any atom is 0.389 e. The molecule has 0 amide bonds. The first kappa shape index (κ1) is 13.8. The summed E-state index contributed by atoms with van der Waals surface area (Å²) in [4.78, 5) is 14.3. The van der Waals surface area contributed by atoms with E-state index in [0.29, 0.717) is 12.1 Å². The van der Waals surface area contributed by atoms with Gasteiger partial charge in [-0.15, -0.1) is 0 Å². The lowest BCUT2D eigenvalue weighted by Crippen LogP contribution is -2.42. The summed E-state index contributed by atoms with van der Waals surface area (Å²) in [6.45, 7) is 0. The molecule has 2 heterocycles. The average molecular weight is 263 g/mol. The number of alkyl halides is 3. The highest BCUT2D eigenvalue weighted by Crippen LogP contribution is 2.38. The van der Waals surface area contributed by atoms with Gasteiger partial charge in [-0.1, -0.05) is 0 Å². The number of hydrogen-bond acceptors (Lipinski definition) is 2. The van der Waals surface area contributed by atoms with Gasteiger partial charge in [-0.2, -0.15) is 13.2 Å². The Morgan fingerprint density at radius 3 is 2.28 bits per heavy atom. The molecule has 0 N–H and O–H groups in total. The number of ketones is 1. The second-order valence-electron chi connectivity index (χ2n) is 5.65. The van der Waals surface area contributed by atoms with E-state index < -0.39 is 12.6 Å². The van der Waals surface area contributed by atoms with E-state index in [1.54, 1.807) is 0 Å². The fourth-order valence-electron chi connectivity index (χ4n) is 3.34. The van der Waals surface area contributed by atoms with Crippen molar-refractivity contribution in [2.45, 2.75) is 63.2 Å². The van der Waals surface area contributed by atoms with Crippen molar-refractivity contribution in [3.05, 3.63) is 0 Å². The third-order valence-electron chi connectivity index (χ3n) is 4.44. The molecule has 0 radical (unpaired) electrons. The molecule has 0 aromatic carbocycles. The summed E-state index contributed by atoms with van der Waals surface area (Å²) in [6.07, 6.45) is -0.974. The first-order valence-corrected chi connectivity index (χ1v) is 6.68. The lowest BCUT2D eigenvalue weighted by atomic mass is 9.86. The molecule has 0 saturated carbocycles. The number of carbonyl (C=O) groups is 1. The highest BCUT2D eigenvalue weighted by atomic mass is 19.4. The Morgan fingerprint density at radius 2 is 1.78 bits per heavy atom. The zero-order valence-corrected chi connectivity index (χ0v) is 10.7. The molecule has 104 valence electrons. The Kier molecular flexibility index (Phi) is 3.99. The van der Waals surface area contributed by atoms with Gasteiger partial charge in [0.25, 0.3) is 0 Å². The molecule has 2 atom stereocenters. The number of hydrogen-bond donors (Lipinski definition) is 0. The summed E-state index contributed by atoms with van der Waals surface area (Å²) in [7, 11) is 2.09. The van der Waals surface area contributed by atoms with E-state index in [4.69, 9.17) is 0 Å². The Labute approximate surface area is 106 Å². The molecule has 0 spiro atoms. The van der Waals surface area contributed by atoms with E-state index in [2.05, 4.69) is 11.9 Å². The van der Waals surface area contributed by atoms with Crippen molar-refractivity contribution in [3.8, 4) is 0 Å². The second-order valence-corrected chi connectivity index (χ2v) is 5.65. The van der Waals surface area contributed by atoms with E-state index >= 15 is 0 Å². The molecule has 2 fully saturated rings. The van der Waals surface area contributed by atoms with Crippen LogP contribution in [0.15, 0.2) is 0 Å². The maximum absolute atomic E-state index is 12.0. The molecule has 0 aliphatic carbocycles. The van der Waals surface area contributed by atoms with Crippen molar-refractivity contribution >= 4 is 5.78 Å². The second kappa shape index (κ2) is 5.19. The molecule has 0 aromatic heterocycles. The largest absolute Gasteiger partial charge is 0.389 e. The quantitative estimate of drug-likeness (QED) is 0.776. The molecule has 2 saturated heterocycles. The third-order valence-corrected chi connectivity index (χ3v) is 4.44. The monoisotopic (exact) mass is 263 g/mol. The number of fused-ring (bicyclic) bond motifs is 2. The van der Waals surface area contributed by atoms with E-state index in [1.807, 2.05) is 0 Å². The molecule has 18 heavy (non-hydrogen) atoms. The number of carbonyl (C=O) groups excluding carboxylic acids is 1. The van der Waals surface area contributed by atoms with Gasteiger partial charge >= 0.3 is 6.18 Å². The molecule has 2 rings (SSSR count). The maximum atomic E-state index is 12.0. The molecule has 2 aliphatic heterocycles. The van der Waals surface area contributed by atoms with Gasteiger partial charge in [0, 0.05) is 30.8 Å². The zero-order chi connectivity index (χ0) is 13.3. The summed E-state index contributed by atoms with van der Waals surface area (Å²) in [5.74, 6) is 0.0520. The van der Waals surface area contributed by atoms with Crippen molar-refractivity contribution in [1.82, 2.24) is 4.90 Å². The fraction of sp³-hybridized carbons (Fsp3) is 0.923. The van der Waals surface area contributed by atoms with Crippen molar-refractivity contribution in [1.29, 1.82) is 0 Å². The van der Waals surface area contributed by atoms with Crippen LogP contribution in [0.25, 0.3) is 0 Å². The third kappa shape index (κ3) is 3.25. The first-order valence-electron chi connectivity index (χ1n) is 6.68. The molecule has 2 bridgehead atoms. The highest BCUT2D eigenvalue weighted by molar-refractivity contribution is 5.81. The van der Waals surface area contributed by atoms with Crippen LogP contribution in [0, 0.1) is 5.92 Å². The van der Waals surface area contributed by atoms with E-state index in [9.17, 15) is 18.0 Å². The van der Waals surface area contributed by atoms with Crippen LogP contribution in [0.3, 0.4) is 0 Å². The van der Waals surface area contributed by atoms with E-state index in [-0.39, 0.29) is 24.5 Å². The van der Waals surface area contributed by atoms with Crippen LogP contribution in [0.5, 0.6) is 0 Å². The van der Waals surface area contributed by atoms with Crippen LogP contribution in [0.4, 0.5) is 13.2 Å². The molecule has 2 unspecified atom stereocenters. The van der Waals surface area contributed by atoms with Crippen molar-refractivity contribution in [2.75, 3.05) is 7.05 Å². The van der Waals surface area contributed by atoms with Crippen molar-refractivity contribution < 1.29 is 18.0 Å². The first-order chi connectivity index (χ1) is 8.37. The van der Waals surface area contributed by atoms with Crippen LogP contribution in [0.2, 0.25) is 0 Å². The zero-order valence-electron chi connectivity index (χ0n) is 10.7. The van der Waals surface area contributed by atoms with Crippen LogP contribution in [0.1, 0.15) is 44.9 Å². The number of nitrogens with zero attached hydrogens (tertiary/aromatic N) is 1. The minimum atomic E-state index is -4.13. The number of piperidine rings is 1. The van der Waals surface area contributed by atoms with Gasteiger partial charge in [0.2, 0.25) is 0 Å². The van der Waals surface area contributed by atoms with Gasteiger partial charge in [-0.05, 0) is 39.2 Å². The number of halogens is 3. The van der Waals surface area contributed by atoms with Gasteiger partial charge in [0.1, 0.15) is 5.78 Å².